The zero-order chi connectivity index (χ0) is 20.1. The number of aromatic nitrogens is 3. The highest BCUT2D eigenvalue weighted by Gasteiger charge is 2.20. The molecule has 1 heterocycles. The molecule has 4 N–H and O–H groups in total. The lowest BCUT2D eigenvalue weighted by Crippen LogP contribution is -2.37. The number of aryl methyl sites for hydroxylation is 1. The second-order valence-corrected chi connectivity index (χ2v) is 6.82. The minimum absolute atomic E-state index is 0.128. The number of carbonyl (C=O) groups is 2. The fourth-order valence-electron chi connectivity index (χ4n) is 2.94. The van der Waals surface area contributed by atoms with Gasteiger partial charge in [-0.1, -0.05) is 54.1 Å². The second kappa shape index (κ2) is 8.62. The maximum atomic E-state index is 12.4. The van der Waals surface area contributed by atoms with E-state index in [1.165, 1.54) is 0 Å². The van der Waals surface area contributed by atoms with Crippen molar-refractivity contribution in [1.82, 2.24) is 20.1 Å². The fraction of sp³-hybridized carbons (Fsp3) is 0.200. The lowest BCUT2D eigenvalue weighted by molar-refractivity contribution is -0.127. The van der Waals surface area contributed by atoms with Crippen LogP contribution in [0.2, 0.25) is 0 Å². The average Bonchev–Trinajstić information content (AvgIpc) is 3.05. The van der Waals surface area contributed by atoms with Crippen LogP contribution in [0.4, 0.5) is 0 Å². The molecule has 0 spiro atoms. The van der Waals surface area contributed by atoms with E-state index in [0.29, 0.717) is 22.7 Å². The predicted molar refractivity (Wildman–Crippen MR) is 109 cm³/mol. The van der Waals surface area contributed by atoms with Gasteiger partial charge in [0.05, 0.1) is 0 Å². The van der Waals surface area contributed by atoms with Gasteiger partial charge >= 0.3 is 0 Å². The van der Waals surface area contributed by atoms with E-state index in [2.05, 4.69) is 15.5 Å². The molecular formula is C20H21N5O2S. The average molecular weight is 395 g/mol. The van der Waals surface area contributed by atoms with Crippen molar-refractivity contribution in [1.29, 1.82) is 0 Å². The smallest absolute Gasteiger partial charge is 0.244 e. The van der Waals surface area contributed by atoms with Crippen LogP contribution in [0.3, 0.4) is 0 Å². The minimum Gasteiger partial charge on any atom is -0.368 e. The van der Waals surface area contributed by atoms with Crippen LogP contribution in [0.25, 0.3) is 11.4 Å². The summed E-state index contributed by atoms with van der Waals surface area (Å²) in [5.74, 6) is -0.248. The molecule has 1 atom stereocenters. The van der Waals surface area contributed by atoms with Gasteiger partial charge in [-0.05, 0) is 30.8 Å². The summed E-state index contributed by atoms with van der Waals surface area (Å²) in [4.78, 5) is 24.2. The molecule has 0 saturated carbocycles. The summed E-state index contributed by atoms with van der Waals surface area (Å²) in [5.41, 5.74) is 8.11. The van der Waals surface area contributed by atoms with E-state index in [9.17, 15) is 9.59 Å². The summed E-state index contributed by atoms with van der Waals surface area (Å²) in [6.07, 6.45) is 0.128. The second-order valence-electron chi connectivity index (χ2n) is 6.44. The van der Waals surface area contributed by atoms with Crippen molar-refractivity contribution < 1.29 is 9.59 Å². The third-order valence-electron chi connectivity index (χ3n) is 4.32. The van der Waals surface area contributed by atoms with E-state index in [1.807, 2.05) is 37.3 Å². The van der Waals surface area contributed by atoms with Crippen molar-refractivity contribution in [2.24, 2.45) is 5.73 Å². The van der Waals surface area contributed by atoms with Crippen molar-refractivity contribution in [3.8, 4) is 11.4 Å². The van der Waals surface area contributed by atoms with Crippen LogP contribution >= 0.6 is 12.2 Å². The highest BCUT2D eigenvalue weighted by molar-refractivity contribution is 7.71. The van der Waals surface area contributed by atoms with Gasteiger partial charge in [-0.15, -0.1) is 0 Å². The van der Waals surface area contributed by atoms with Gasteiger partial charge in [-0.3, -0.25) is 19.3 Å². The van der Waals surface area contributed by atoms with Crippen molar-refractivity contribution >= 4 is 24.0 Å². The number of amides is 2. The Bertz CT molecular complexity index is 1040. The first-order valence-electron chi connectivity index (χ1n) is 8.81. The number of hydrogen-bond acceptors (Lipinski definition) is 4. The van der Waals surface area contributed by atoms with Gasteiger partial charge in [-0.2, -0.15) is 5.10 Å². The molecule has 28 heavy (non-hydrogen) atoms. The van der Waals surface area contributed by atoms with Crippen molar-refractivity contribution in [3.05, 3.63) is 70.5 Å². The number of aromatic amines is 1. The van der Waals surface area contributed by atoms with Gasteiger partial charge < -0.3 is 11.1 Å². The molecule has 3 rings (SSSR count). The summed E-state index contributed by atoms with van der Waals surface area (Å²) >= 11 is 5.30. The maximum Gasteiger partial charge on any atom is 0.244 e. The molecule has 7 nitrogen and oxygen atoms in total. The Kier molecular flexibility index (Phi) is 6.00. The first-order valence-corrected chi connectivity index (χ1v) is 9.22. The van der Waals surface area contributed by atoms with Gasteiger partial charge in [-0.25, -0.2) is 0 Å². The Labute approximate surface area is 167 Å². The summed E-state index contributed by atoms with van der Waals surface area (Å²) in [7, 11) is 0. The Morgan fingerprint density at radius 3 is 2.64 bits per heavy atom. The first-order chi connectivity index (χ1) is 13.5. The molecule has 0 fully saturated rings. The number of primary amides is 1. The normalized spacial score (nSPS) is 11.8. The lowest BCUT2D eigenvalue weighted by Gasteiger charge is -2.16. The van der Waals surface area contributed by atoms with Crippen molar-refractivity contribution in [2.45, 2.75) is 25.9 Å². The minimum atomic E-state index is -0.873. The highest BCUT2D eigenvalue weighted by atomic mass is 32.1. The molecule has 2 amide bonds. The maximum absolute atomic E-state index is 12.4. The SMILES string of the molecule is Cc1cccc(-c2n[nH]c(=S)n2CCC(=O)N[C@H](C(N)=O)c2ccccc2)c1. The fourth-order valence-corrected chi connectivity index (χ4v) is 3.16. The molecule has 0 aliphatic rings. The molecule has 144 valence electrons. The van der Waals surface area contributed by atoms with Crippen LogP contribution < -0.4 is 11.1 Å². The summed E-state index contributed by atoms with van der Waals surface area (Å²) in [6, 6.07) is 15.9. The van der Waals surface area contributed by atoms with Crippen molar-refractivity contribution in [3.63, 3.8) is 0 Å². The molecule has 0 radical (unpaired) electrons. The first kappa shape index (κ1) is 19.5. The van der Waals surface area contributed by atoms with Crippen LogP contribution in [0.15, 0.2) is 54.6 Å². The largest absolute Gasteiger partial charge is 0.368 e. The Balaban J connectivity index is 1.72. The van der Waals surface area contributed by atoms with E-state index in [0.717, 1.165) is 11.1 Å². The third kappa shape index (κ3) is 4.52. The van der Waals surface area contributed by atoms with E-state index in [-0.39, 0.29) is 12.3 Å². The number of hydrogen-bond donors (Lipinski definition) is 3. The molecule has 8 heteroatoms. The molecule has 0 unspecified atom stereocenters. The number of nitrogens with two attached hydrogens (primary N) is 1. The zero-order valence-corrected chi connectivity index (χ0v) is 16.2. The zero-order valence-electron chi connectivity index (χ0n) is 15.4. The summed E-state index contributed by atoms with van der Waals surface area (Å²) in [5, 5.41) is 9.75. The Morgan fingerprint density at radius 1 is 1.21 bits per heavy atom. The molecule has 3 aromatic rings. The molecule has 2 aromatic carbocycles. The molecule has 1 aromatic heterocycles. The number of nitrogens with one attached hydrogen (secondary N) is 2. The molecule has 0 saturated heterocycles. The number of benzene rings is 2. The molecule has 0 bridgehead atoms. The summed E-state index contributed by atoms with van der Waals surface area (Å²) < 4.78 is 2.20. The number of nitrogens with zero attached hydrogens (tertiary/aromatic N) is 2. The van der Waals surface area contributed by atoms with Crippen LogP contribution in [0.1, 0.15) is 23.6 Å². The van der Waals surface area contributed by atoms with E-state index in [1.54, 1.807) is 28.8 Å². The van der Waals surface area contributed by atoms with Crippen LogP contribution in [0, 0.1) is 11.7 Å². The Hall–Kier alpha value is -3.26. The number of carbonyl (C=O) groups excluding carboxylic acids is 2. The standard InChI is InChI=1S/C20H21N5O2S/c1-13-6-5-9-15(12-13)19-23-24-20(28)25(19)11-10-16(26)22-17(18(21)27)14-7-3-2-4-8-14/h2-9,12,17H,10-11H2,1H3,(H2,21,27)(H,22,26)(H,24,28)/t17-/m0/s1. The van der Waals surface area contributed by atoms with Gasteiger partial charge in [0.15, 0.2) is 10.6 Å². The number of H-pyrrole nitrogens is 1. The molecular weight excluding hydrogens is 374 g/mol. The van der Waals surface area contributed by atoms with Crippen LogP contribution in [0.5, 0.6) is 0 Å². The van der Waals surface area contributed by atoms with E-state index in [4.69, 9.17) is 18.0 Å². The van der Waals surface area contributed by atoms with Crippen molar-refractivity contribution in [2.75, 3.05) is 0 Å². The molecule has 0 aliphatic heterocycles. The summed E-state index contributed by atoms with van der Waals surface area (Å²) in [6.45, 7) is 2.32. The van der Waals surface area contributed by atoms with E-state index < -0.39 is 11.9 Å². The Morgan fingerprint density at radius 2 is 1.96 bits per heavy atom. The predicted octanol–water partition coefficient (Wildman–Crippen LogP) is 2.65. The van der Waals surface area contributed by atoms with Crippen LogP contribution in [-0.4, -0.2) is 26.6 Å². The van der Waals surface area contributed by atoms with Gasteiger partial charge in [0, 0.05) is 18.5 Å². The monoisotopic (exact) mass is 395 g/mol. The van der Waals surface area contributed by atoms with Gasteiger partial charge in [0.2, 0.25) is 11.8 Å². The van der Waals surface area contributed by atoms with Gasteiger partial charge in [0.1, 0.15) is 6.04 Å². The molecule has 0 aliphatic carbocycles. The third-order valence-corrected chi connectivity index (χ3v) is 4.63. The van der Waals surface area contributed by atoms with E-state index >= 15 is 0 Å². The quantitative estimate of drug-likeness (QED) is 0.535. The topological polar surface area (TPSA) is 106 Å². The van der Waals surface area contributed by atoms with Crippen LogP contribution in [-0.2, 0) is 16.1 Å². The lowest BCUT2D eigenvalue weighted by atomic mass is 10.1. The highest BCUT2D eigenvalue weighted by Crippen LogP contribution is 2.19. The van der Waals surface area contributed by atoms with Gasteiger partial charge in [0.25, 0.3) is 0 Å². The number of rotatable bonds is 7.